The molecule has 1 spiro atoms. The summed E-state index contributed by atoms with van der Waals surface area (Å²) in [7, 11) is -2.78. The van der Waals surface area contributed by atoms with Crippen LogP contribution in [0.1, 0.15) is 50.7 Å². The van der Waals surface area contributed by atoms with E-state index in [4.69, 9.17) is 0 Å². The highest BCUT2D eigenvalue weighted by Gasteiger charge is 2.57. The van der Waals surface area contributed by atoms with E-state index in [9.17, 15) is 21.6 Å². The van der Waals surface area contributed by atoms with Gasteiger partial charge in [-0.1, -0.05) is 12.1 Å². The number of nitrogens with one attached hydrogen (secondary N) is 2. The van der Waals surface area contributed by atoms with E-state index in [0.29, 0.717) is 53.2 Å². The first kappa shape index (κ1) is 24.9. The Hall–Kier alpha value is -1.81. The molecular formula is C25H35F3N4O2S. The van der Waals surface area contributed by atoms with Crippen LogP contribution in [0.4, 0.5) is 13.2 Å². The zero-order valence-corrected chi connectivity index (χ0v) is 21.1. The summed E-state index contributed by atoms with van der Waals surface area (Å²) in [4.78, 5) is 2.56. The third-order valence-electron chi connectivity index (χ3n) is 8.43. The van der Waals surface area contributed by atoms with Crippen molar-refractivity contribution in [3.63, 3.8) is 0 Å². The second-order valence-corrected chi connectivity index (χ2v) is 13.5. The Morgan fingerprint density at radius 3 is 2.40 bits per heavy atom. The number of hydrazone groups is 1. The number of alkyl halides is 3. The molecule has 0 aromatic heterocycles. The van der Waals surface area contributed by atoms with Crippen LogP contribution in [-0.4, -0.2) is 62.4 Å². The molecule has 2 heterocycles. The number of piperidine rings is 1. The van der Waals surface area contributed by atoms with Crippen molar-refractivity contribution in [2.75, 3.05) is 31.1 Å². The number of fused-ring (bicyclic) bond motifs is 1. The molecular weight excluding hydrogens is 477 g/mol. The number of halogens is 3. The maximum Gasteiger partial charge on any atom is 0.416 e. The summed E-state index contributed by atoms with van der Waals surface area (Å²) in [6, 6.07) is 5.95. The van der Waals surface area contributed by atoms with Crippen molar-refractivity contribution in [2.24, 2.45) is 28.3 Å². The van der Waals surface area contributed by atoms with E-state index >= 15 is 0 Å². The Bertz CT molecular complexity index is 1050. The summed E-state index contributed by atoms with van der Waals surface area (Å²) in [5.41, 5.74) is 2.77. The number of hydrogen-bond acceptors (Lipinski definition) is 5. The van der Waals surface area contributed by atoms with Crippen molar-refractivity contribution >= 4 is 15.7 Å². The molecule has 5 rings (SSSR count). The molecule has 0 amide bonds. The van der Waals surface area contributed by atoms with Gasteiger partial charge >= 0.3 is 6.18 Å². The topological polar surface area (TPSA) is 73.8 Å². The van der Waals surface area contributed by atoms with E-state index in [1.165, 1.54) is 6.07 Å². The second kappa shape index (κ2) is 8.94. The van der Waals surface area contributed by atoms with Gasteiger partial charge in [0.1, 0.15) is 0 Å². The average molecular weight is 513 g/mol. The lowest BCUT2D eigenvalue weighted by Crippen LogP contribution is -2.55. The van der Waals surface area contributed by atoms with Gasteiger partial charge in [-0.25, -0.2) is 8.42 Å². The fourth-order valence-electron chi connectivity index (χ4n) is 6.55. The Morgan fingerprint density at radius 2 is 1.83 bits per heavy atom. The molecule has 2 aliphatic carbocycles. The highest BCUT2D eigenvalue weighted by Crippen LogP contribution is 2.58. The molecule has 6 nitrogen and oxygen atoms in total. The summed E-state index contributed by atoms with van der Waals surface area (Å²) in [5.74, 6) is 3.01. The van der Waals surface area contributed by atoms with E-state index in [2.05, 4.69) is 20.7 Å². The minimum atomic E-state index is -4.39. The summed E-state index contributed by atoms with van der Waals surface area (Å²) in [6.45, 7) is 6.57. The fourth-order valence-corrected chi connectivity index (χ4v) is 8.91. The number of rotatable bonds is 6. The molecule has 4 aliphatic rings. The van der Waals surface area contributed by atoms with Gasteiger partial charge in [0.15, 0.2) is 15.7 Å². The molecule has 4 atom stereocenters. The van der Waals surface area contributed by atoms with Crippen LogP contribution in [0.25, 0.3) is 0 Å². The average Bonchev–Trinajstić information content (AvgIpc) is 3.20. The Labute approximate surface area is 205 Å². The van der Waals surface area contributed by atoms with Gasteiger partial charge < -0.3 is 15.6 Å². The molecule has 35 heavy (non-hydrogen) atoms. The van der Waals surface area contributed by atoms with Crippen LogP contribution < -0.4 is 10.7 Å². The lowest BCUT2D eigenvalue weighted by molar-refractivity contribution is -0.137. The number of nitrogens with zero attached hydrogens (tertiary/aromatic N) is 2. The molecule has 0 bridgehead atoms. The quantitative estimate of drug-likeness (QED) is 0.347. The Kier molecular flexibility index (Phi) is 6.35. The van der Waals surface area contributed by atoms with Crippen LogP contribution in [0.5, 0.6) is 0 Å². The SMILES string of the molecule is CC(C)N/N=C(\NC[C@@H]1[C@H]2C[C@@H](N3CCC4(CC3)CS(=O)(=O)C4)C[C@@H]12)c1cccc(C(F)(F)F)c1. The molecule has 2 aliphatic heterocycles. The first-order chi connectivity index (χ1) is 16.4. The Balaban J connectivity index is 1.14. The highest BCUT2D eigenvalue weighted by molar-refractivity contribution is 7.92. The molecule has 0 radical (unpaired) electrons. The predicted molar refractivity (Wildman–Crippen MR) is 130 cm³/mol. The van der Waals surface area contributed by atoms with Crippen LogP contribution >= 0.6 is 0 Å². The van der Waals surface area contributed by atoms with Gasteiger partial charge in [0.05, 0.1) is 17.1 Å². The zero-order chi connectivity index (χ0) is 25.0. The largest absolute Gasteiger partial charge is 0.416 e. The molecule has 2 N–H and O–H groups in total. The standard InChI is InChI=1S/C25H35F3N4O2S/c1-16(2)30-31-23(17-4-3-5-18(10-17)25(26,27)28)29-13-22-20-11-19(12-21(20)22)32-8-6-24(7-9-32)14-35(33,34)15-24/h3-5,10,16,19-22,30H,6-9,11-15H2,1-2H3,(H,29,31)/t19-,20+,21-,22-. The minimum Gasteiger partial charge on any atom is -0.368 e. The molecule has 10 heteroatoms. The van der Waals surface area contributed by atoms with Crippen molar-refractivity contribution in [3.8, 4) is 0 Å². The van der Waals surface area contributed by atoms with E-state index in [-0.39, 0.29) is 11.5 Å². The van der Waals surface area contributed by atoms with Gasteiger partial charge in [0, 0.05) is 29.6 Å². The number of benzene rings is 1. The molecule has 0 unspecified atom stereocenters. The minimum absolute atomic E-state index is 0.0481. The number of amidine groups is 1. The van der Waals surface area contributed by atoms with Crippen molar-refractivity contribution in [3.05, 3.63) is 35.4 Å². The maximum atomic E-state index is 13.2. The first-order valence-corrected chi connectivity index (χ1v) is 14.5. The summed E-state index contributed by atoms with van der Waals surface area (Å²) >= 11 is 0. The molecule has 2 saturated heterocycles. The summed E-state index contributed by atoms with van der Waals surface area (Å²) in [6.07, 6.45) is -0.104. The van der Waals surface area contributed by atoms with Gasteiger partial charge in [0.25, 0.3) is 0 Å². The van der Waals surface area contributed by atoms with Crippen LogP contribution in [0, 0.1) is 23.2 Å². The number of likely N-dealkylation sites (tertiary alicyclic amines) is 1. The Morgan fingerprint density at radius 1 is 1.17 bits per heavy atom. The molecule has 4 fully saturated rings. The fraction of sp³-hybridized carbons (Fsp3) is 0.720. The predicted octanol–water partition coefficient (Wildman–Crippen LogP) is 3.49. The van der Waals surface area contributed by atoms with Crippen molar-refractivity contribution in [2.45, 2.75) is 57.8 Å². The lowest BCUT2D eigenvalue weighted by atomic mass is 9.80. The molecule has 2 saturated carbocycles. The van der Waals surface area contributed by atoms with Gasteiger partial charge in [0.2, 0.25) is 0 Å². The summed E-state index contributed by atoms with van der Waals surface area (Å²) < 4.78 is 62.9. The van der Waals surface area contributed by atoms with Crippen LogP contribution in [-0.2, 0) is 16.0 Å². The third kappa shape index (κ3) is 5.33. The van der Waals surface area contributed by atoms with E-state index in [1.54, 1.807) is 6.07 Å². The van der Waals surface area contributed by atoms with Gasteiger partial charge in [-0.15, -0.1) is 0 Å². The van der Waals surface area contributed by atoms with E-state index < -0.39 is 21.6 Å². The summed E-state index contributed by atoms with van der Waals surface area (Å²) in [5, 5.41) is 7.71. The lowest BCUT2D eigenvalue weighted by Gasteiger charge is -2.48. The van der Waals surface area contributed by atoms with Crippen molar-refractivity contribution in [1.82, 2.24) is 15.6 Å². The zero-order valence-electron chi connectivity index (χ0n) is 20.3. The maximum absolute atomic E-state index is 13.2. The smallest absolute Gasteiger partial charge is 0.368 e. The highest BCUT2D eigenvalue weighted by atomic mass is 32.2. The van der Waals surface area contributed by atoms with E-state index in [0.717, 1.165) is 50.9 Å². The number of sulfone groups is 1. The van der Waals surface area contributed by atoms with Crippen molar-refractivity contribution < 1.29 is 21.6 Å². The molecule has 1 aromatic carbocycles. The van der Waals surface area contributed by atoms with Crippen molar-refractivity contribution in [1.29, 1.82) is 0 Å². The van der Waals surface area contributed by atoms with Crippen LogP contribution in [0.2, 0.25) is 0 Å². The monoisotopic (exact) mass is 512 g/mol. The molecule has 194 valence electrons. The molecule has 1 aromatic rings. The normalized spacial score (nSPS) is 31.8. The second-order valence-electron chi connectivity index (χ2n) is 11.4. The van der Waals surface area contributed by atoms with E-state index in [1.807, 2.05) is 13.8 Å². The third-order valence-corrected chi connectivity index (χ3v) is 10.5. The van der Waals surface area contributed by atoms with Gasteiger partial charge in [-0.05, 0) is 82.5 Å². The van der Waals surface area contributed by atoms with Gasteiger partial charge in [-0.3, -0.25) is 0 Å². The first-order valence-electron chi connectivity index (χ1n) is 12.6. The van der Waals surface area contributed by atoms with Crippen LogP contribution in [0.3, 0.4) is 0 Å². The number of hydrogen-bond donors (Lipinski definition) is 2. The van der Waals surface area contributed by atoms with Gasteiger partial charge in [-0.2, -0.15) is 18.3 Å². The van der Waals surface area contributed by atoms with Crippen LogP contribution in [0.15, 0.2) is 29.4 Å².